The molecule has 0 radical (unpaired) electrons. The van der Waals surface area contributed by atoms with Crippen molar-refractivity contribution in [3.8, 4) is 0 Å². The summed E-state index contributed by atoms with van der Waals surface area (Å²) in [5, 5.41) is 12.0. The fourth-order valence-electron chi connectivity index (χ4n) is 3.28. The lowest BCUT2D eigenvalue weighted by Gasteiger charge is -2.25. The number of amides is 1. The molecular weight excluding hydrogens is 322 g/mol. The predicted octanol–water partition coefficient (Wildman–Crippen LogP) is 0.323. The van der Waals surface area contributed by atoms with E-state index in [0.717, 1.165) is 16.9 Å². The minimum Gasteiger partial charge on any atom is -0.394 e. The number of aliphatic hydroxyl groups is 1. The number of imidazole rings is 1. The lowest BCUT2D eigenvalue weighted by molar-refractivity contribution is 0.0727. The monoisotopic (exact) mass is 341 g/mol. The van der Waals surface area contributed by atoms with E-state index in [1.54, 1.807) is 11.1 Å². The highest BCUT2D eigenvalue weighted by Gasteiger charge is 2.27. The number of H-pyrrole nitrogens is 1. The van der Waals surface area contributed by atoms with Gasteiger partial charge in [0.2, 0.25) is 0 Å². The van der Waals surface area contributed by atoms with Crippen LogP contribution in [0.3, 0.4) is 0 Å². The third-order valence-corrected chi connectivity index (χ3v) is 4.55. The first kappa shape index (κ1) is 15.6. The van der Waals surface area contributed by atoms with Gasteiger partial charge in [0.15, 0.2) is 0 Å². The van der Waals surface area contributed by atoms with Gasteiger partial charge < -0.3 is 14.4 Å². The Morgan fingerprint density at radius 2 is 2.20 bits per heavy atom. The topological polar surface area (TPSA) is 95.6 Å². The molecule has 3 aromatic heterocycles. The van der Waals surface area contributed by atoms with Crippen LogP contribution in [0.1, 0.15) is 27.3 Å². The Balaban J connectivity index is 1.60. The van der Waals surface area contributed by atoms with Gasteiger partial charge in [-0.2, -0.15) is 0 Å². The van der Waals surface area contributed by atoms with Crippen LogP contribution < -0.4 is 5.56 Å². The zero-order valence-corrected chi connectivity index (χ0v) is 13.9. The van der Waals surface area contributed by atoms with E-state index in [2.05, 4.69) is 10.1 Å². The largest absolute Gasteiger partial charge is 0.394 e. The summed E-state index contributed by atoms with van der Waals surface area (Å²) in [6.07, 6.45) is 4.17. The zero-order chi connectivity index (χ0) is 17.6. The highest BCUT2D eigenvalue weighted by Crippen LogP contribution is 2.17. The first-order chi connectivity index (χ1) is 12.1. The third kappa shape index (κ3) is 2.64. The van der Waals surface area contributed by atoms with Crippen molar-refractivity contribution in [2.75, 3.05) is 13.2 Å². The van der Waals surface area contributed by atoms with Crippen LogP contribution in [-0.2, 0) is 19.5 Å². The Kier molecular flexibility index (Phi) is 3.69. The maximum atomic E-state index is 12.8. The van der Waals surface area contributed by atoms with E-state index in [-0.39, 0.29) is 24.6 Å². The van der Waals surface area contributed by atoms with Crippen molar-refractivity contribution >= 4 is 11.6 Å². The summed E-state index contributed by atoms with van der Waals surface area (Å²) < 4.78 is 3.24. The maximum Gasteiger partial charge on any atom is 0.274 e. The number of pyridine rings is 1. The summed E-state index contributed by atoms with van der Waals surface area (Å²) in [7, 11) is 0. The molecule has 3 aromatic rings. The molecule has 4 rings (SSSR count). The quantitative estimate of drug-likeness (QED) is 0.717. The van der Waals surface area contributed by atoms with Crippen LogP contribution in [0, 0.1) is 6.92 Å². The molecule has 8 heteroatoms. The van der Waals surface area contributed by atoms with Crippen LogP contribution >= 0.6 is 0 Å². The molecule has 0 aromatic carbocycles. The number of aliphatic hydroxyl groups excluding tert-OH is 1. The molecule has 8 nitrogen and oxygen atoms in total. The molecule has 0 unspecified atom stereocenters. The number of nitrogens with zero attached hydrogens (tertiary/aromatic N) is 4. The second-order valence-corrected chi connectivity index (χ2v) is 6.32. The number of aromatic amines is 1. The van der Waals surface area contributed by atoms with Crippen LogP contribution in [0.5, 0.6) is 0 Å². The van der Waals surface area contributed by atoms with Crippen molar-refractivity contribution in [3.63, 3.8) is 0 Å². The molecule has 130 valence electrons. The van der Waals surface area contributed by atoms with Crippen LogP contribution in [0.25, 0.3) is 5.65 Å². The van der Waals surface area contributed by atoms with Gasteiger partial charge in [0.1, 0.15) is 11.3 Å². The van der Waals surface area contributed by atoms with Crippen molar-refractivity contribution in [2.45, 2.75) is 26.4 Å². The van der Waals surface area contributed by atoms with Crippen molar-refractivity contribution in [1.29, 1.82) is 0 Å². The van der Waals surface area contributed by atoms with Crippen LogP contribution in [0.2, 0.25) is 0 Å². The Bertz CT molecular complexity index is 1010. The van der Waals surface area contributed by atoms with Crippen molar-refractivity contribution < 1.29 is 9.90 Å². The van der Waals surface area contributed by atoms with E-state index in [1.807, 2.05) is 29.7 Å². The number of fused-ring (bicyclic) bond motifs is 2. The number of nitrogens with one attached hydrogen (secondary N) is 1. The van der Waals surface area contributed by atoms with Gasteiger partial charge in [0, 0.05) is 24.5 Å². The zero-order valence-electron chi connectivity index (χ0n) is 13.9. The van der Waals surface area contributed by atoms with Crippen molar-refractivity contribution in [2.24, 2.45) is 0 Å². The molecule has 4 heterocycles. The molecular formula is C17H19N5O3. The van der Waals surface area contributed by atoms with Gasteiger partial charge in [0.25, 0.3) is 11.5 Å². The van der Waals surface area contributed by atoms with E-state index in [4.69, 9.17) is 5.11 Å². The number of rotatable bonds is 3. The molecule has 1 aliphatic rings. The fraction of sp³-hybridized carbons (Fsp3) is 0.353. The van der Waals surface area contributed by atoms with Crippen LogP contribution in [0.15, 0.2) is 29.3 Å². The molecule has 0 bridgehead atoms. The number of hydrogen-bond donors (Lipinski definition) is 2. The molecule has 0 aliphatic carbocycles. The van der Waals surface area contributed by atoms with Gasteiger partial charge in [-0.15, -0.1) is 0 Å². The Labute approximate surface area is 143 Å². The molecule has 25 heavy (non-hydrogen) atoms. The first-order valence-corrected chi connectivity index (χ1v) is 8.23. The summed E-state index contributed by atoms with van der Waals surface area (Å²) in [6, 6.07) is 3.84. The van der Waals surface area contributed by atoms with E-state index in [0.29, 0.717) is 30.8 Å². The molecule has 0 spiro atoms. The Morgan fingerprint density at radius 3 is 3.00 bits per heavy atom. The smallest absolute Gasteiger partial charge is 0.274 e. The number of aromatic nitrogens is 4. The van der Waals surface area contributed by atoms with E-state index < -0.39 is 0 Å². The van der Waals surface area contributed by atoms with Gasteiger partial charge >= 0.3 is 0 Å². The third-order valence-electron chi connectivity index (χ3n) is 4.55. The fourth-order valence-corrected chi connectivity index (χ4v) is 3.28. The van der Waals surface area contributed by atoms with Crippen LogP contribution in [0.4, 0.5) is 0 Å². The second kappa shape index (κ2) is 5.89. The number of aryl methyl sites for hydroxylation is 1. The summed E-state index contributed by atoms with van der Waals surface area (Å²) >= 11 is 0. The molecule has 1 aliphatic heterocycles. The van der Waals surface area contributed by atoms with Gasteiger partial charge in [-0.1, -0.05) is 6.07 Å². The van der Waals surface area contributed by atoms with Gasteiger partial charge in [-0.3, -0.25) is 19.4 Å². The lowest BCUT2D eigenvalue weighted by atomic mass is 10.1. The molecule has 2 N–H and O–H groups in total. The average Bonchev–Trinajstić information content (AvgIpc) is 3.15. The number of carbonyl (C=O) groups is 1. The van der Waals surface area contributed by atoms with Crippen molar-refractivity contribution in [1.82, 2.24) is 24.1 Å². The number of hydrogen-bond acceptors (Lipinski definition) is 4. The normalized spacial score (nSPS) is 14.1. The Hall–Kier alpha value is -2.87. The summed E-state index contributed by atoms with van der Waals surface area (Å²) in [4.78, 5) is 31.1. The molecule has 1 amide bonds. The van der Waals surface area contributed by atoms with E-state index >= 15 is 0 Å². The van der Waals surface area contributed by atoms with Gasteiger partial charge in [-0.05, 0) is 25.0 Å². The first-order valence-electron chi connectivity index (χ1n) is 8.23. The predicted molar refractivity (Wildman–Crippen MR) is 90.5 cm³/mol. The average molecular weight is 341 g/mol. The SMILES string of the molecule is Cc1ccc2nc(C(=O)N3CCc4c([nH]n(CCO)c4=O)C3)cn2c1. The maximum absolute atomic E-state index is 12.8. The molecule has 0 saturated carbocycles. The molecule has 0 saturated heterocycles. The number of carbonyl (C=O) groups excluding carboxylic acids is 1. The van der Waals surface area contributed by atoms with E-state index in [1.165, 1.54) is 4.68 Å². The van der Waals surface area contributed by atoms with Gasteiger partial charge in [-0.25, -0.2) is 4.98 Å². The standard InChI is InChI=1S/C17H19N5O3/c1-11-2-3-15-18-14(10-21(15)8-11)17(25)20-5-4-12-13(9-20)19-22(6-7-23)16(12)24/h2-3,8,10,19,23H,4-7,9H2,1H3. The Morgan fingerprint density at radius 1 is 1.36 bits per heavy atom. The highest BCUT2D eigenvalue weighted by molar-refractivity contribution is 5.93. The van der Waals surface area contributed by atoms with Crippen molar-refractivity contribution in [3.05, 3.63) is 57.4 Å². The summed E-state index contributed by atoms with van der Waals surface area (Å²) in [6.45, 7) is 2.92. The minimum absolute atomic E-state index is 0.109. The molecule has 0 fully saturated rings. The molecule has 0 atom stereocenters. The van der Waals surface area contributed by atoms with E-state index in [9.17, 15) is 9.59 Å². The summed E-state index contributed by atoms with van der Waals surface area (Å²) in [5.41, 5.74) is 3.54. The summed E-state index contributed by atoms with van der Waals surface area (Å²) in [5.74, 6) is -0.150. The lowest BCUT2D eigenvalue weighted by Crippen LogP contribution is -2.37. The highest BCUT2D eigenvalue weighted by atomic mass is 16.3. The second-order valence-electron chi connectivity index (χ2n) is 6.32. The van der Waals surface area contributed by atoms with Crippen LogP contribution in [-0.4, -0.2) is 48.2 Å². The van der Waals surface area contributed by atoms with Gasteiger partial charge in [0.05, 0.1) is 25.4 Å². The minimum atomic E-state index is -0.150.